The van der Waals surface area contributed by atoms with Gasteiger partial charge in [0, 0.05) is 11.8 Å². The van der Waals surface area contributed by atoms with E-state index < -0.39 is 29.1 Å². The largest absolute Gasteiger partial charge is 0.479 e. The molecule has 0 radical (unpaired) electrons. The second kappa shape index (κ2) is 4.52. The maximum Gasteiger partial charge on any atom is 0.335 e. The number of pyridine rings is 1. The lowest BCUT2D eigenvalue weighted by molar-refractivity contribution is -0.153. The summed E-state index contributed by atoms with van der Waals surface area (Å²) in [6.07, 6.45) is -2.79. The number of rotatable bonds is 3. The first-order valence-electron chi connectivity index (χ1n) is 3.83. The molecule has 0 saturated carbocycles. The molecule has 1 rings (SSSR count). The van der Waals surface area contributed by atoms with Crippen LogP contribution in [0.3, 0.4) is 0 Å². The Kier molecular flexibility index (Phi) is 3.57. The van der Waals surface area contributed by atoms with Crippen LogP contribution in [0.25, 0.3) is 0 Å². The van der Waals surface area contributed by atoms with Gasteiger partial charge in [0.05, 0.1) is 0 Å². The molecule has 0 spiro atoms. The van der Waals surface area contributed by atoms with E-state index in [1.807, 2.05) is 0 Å². The summed E-state index contributed by atoms with van der Waals surface area (Å²) >= 11 is 5.28. The van der Waals surface area contributed by atoms with Crippen LogP contribution >= 0.6 is 11.6 Å². The third-order valence-corrected chi connectivity index (χ3v) is 1.99. The van der Waals surface area contributed by atoms with Gasteiger partial charge in [0.1, 0.15) is 6.10 Å². The summed E-state index contributed by atoms with van der Waals surface area (Å²) < 4.78 is 12.9. The molecule has 2 atom stereocenters. The van der Waals surface area contributed by atoms with Gasteiger partial charge in [0.15, 0.2) is 17.1 Å². The molecule has 15 heavy (non-hydrogen) atoms. The van der Waals surface area contributed by atoms with E-state index in [-0.39, 0.29) is 5.56 Å². The Bertz CT molecular complexity index is 387. The van der Waals surface area contributed by atoms with Gasteiger partial charge in [-0.15, -0.1) is 0 Å². The molecule has 0 fully saturated rings. The number of aliphatic hydroxyl groups excluding tert-OH is 2. The van der Waals surface area contributed by atoms with Gasteiger partial charge in [0.2, 0.25) is 0 Å². The Morgan fingerprint density at radius 2 is 2.13 bits per heavy atom. The Balaban J connectivity index is 2.96. The summed E-state index contributed by atoms with van der Waals surface area (Å²) in [4.78, 5) is 13.7. The zero-order valence-corrected chi connectivity index (χ0v) is 8.02. The third kappa shape index (κ3) is 2.62. The summed E-state index contributed by atoms with van der Waals surface area (Å²) in [7, 11) is 0. The molecule has 0 saturated heterocycles. The van der Waals surface area contributed by atoms with Gasteiger partial charge in [-0.25, -0.2) is 14.2 Å². The molecule has 1 aromatic rings. The number of halogens is 2. The maximum atomic E-state index is 12.9. The Morgan fingerprint density at radius 1 is 1.53 bits per heavy atom. The topological polar surface area (TPSA) is 90.7 Å². The van der Waals surface area contributed by atoms with E-state index in [0.29, 0.717) is 0 Å². The molecule has 82 valence electrons. The monoisotopic (exact) mass is 235 g/mol. The smallest absolute Gasteiger partial charge is 0.335 e. The first-order chi connectivity index (χ1) is 6.93. The van der Waals surface area contributed by atoms with Crippen molar-refractivity contribution in [1.29, 1.82) is 0 Å². The molecular formula is C8H7ClFNO4. The van der Waals surface area contributed by atoms with E-state index in [4.69, 9.17) is 21.8 Å². The van der Waals surface area contributed by atoms with Gasteiger partial charge in [-0.2, -0.15) is 0 Å². The predicted molar refractivity (Wildman–Crippen MR) is 47.8 cm³/mol. The van der Waals surface area contributed by atoms with Crippen molar-refractivity contribution in [2.75, 3.05) is 0 Å². The van der Waals surface area contributed by atoms with Crippen LogP contribution in [-0.2, 0) is 4.79 Å². The molecule has 0 aliphatic heterocycles. The van der Waals surface area contributed by atoms with Crippen LogP contribution in [0.2, 0.25) is 5.15 Å². The van der Waals surface area contributed by atoms with Crippen molar-refractivity contribution in [2.24, 2.45) is 0 Å². The van der Waals surface area contributed by atoms with Gasteiger partial charge in [0.25, 0.3) is 0 Å². The summed E-state index contributed by atoms with van der Waals surface area (Å²) in [5.41, 5.74) is -0.160. The van der Waals surface area contributed by atoms with Gasteiger partial charge < -0.3 is 15.3 Å². The molecule has 5 nitrogen and oxygen atoms in total. The molecule has 0 amide bonds. The minimum atomic E-state index is -2.03. The predicted octanol–water partition coefficient (Wildman–Crippen LogP) is 0.353. The SMILES string of the molecule is O=C(O)C(O)C(O)c1cnc(Cl)c(F)c1. The molecule has 0 aliphatic carbocycles. The number of nitrogens with zero attached hydrogens (tertiary/aromatic N) is 1. The molecular weight excluding hydrogens is 229 g/mol. The van der Waals surface area contributed by atoms with Gasteiger partial charge in [-0.05, 0) is 6.07 Å². The van der Waals surface area contributed by atoms with E-state index in [0.717, 1.165) is 12.3 Å². The zero-order valence-electron chi connectivity index (χ0n) is 7.26. The van der Waals surface area contributed by atoms with Crippen molar-refractivity contribution in [3.8, 4) is 0 Å². The van der Waals surface area contributed by atoms with Gasteiger partial charge in [-0.3, -0.25) is 0 Å². The van der Waals surface area contributed by atoms with Crippen LogP contribution in [0.15, 0.2) is 12.3 Å². The number of carboxylic acid groups (broad SMARTS) is 1. The lowest BCUT2D eigenvalue weighted by Gasteiger charge is -2.13. The summed E-state index contributed by atoms with van der Waals surface area (Å²) in [5, 5.41) is 26.3. The fourth-order valence-electron chi connectivity index (χ4n) is 0.915. The Labute approximate surface area is 88.8 Å². The summed E-state index contributed by atoms with van der Waals surface area (Å²) in [5.74, 6) is -2.51. The Hall–Kier alpha value is -1.24. The van der Waals surface area contributed by atoms with Crippen LogP contribution in [0.5, 0.6) is 0 Å². The second-order valence-electron chi connectivity index (χ2n) is 2.77. The van der Waals surface area contributed by atoms with Crippen molar-refractivity contribution in [3.63, 3.8) is 0 Å². The lowest BCUT2D eigenvalue weighted by atomic mass is 10.1. The lowest BCUT2D eigenvalue weighted by Crippen LogP contribution is -2.27. The highest BCUT2D eigenvalue weighted by Crippen LogP contribution is 2.20. The number of carboxylic acids is 1. The second-order valence-corrected chi connectivity index (χ2v) is 3.13. The highest BCUT2D eigenvalue weighted by atomic mass is 35.5. The average molecular weight is 236 g/mol. The molecule has 3 N–H and O–H groups in total. The van der Waals surface area contributed by atoms with Crippen LogP contribution in [0.1, 0.15) is 11.7 Å². The van der Waals surface area contributed by atoms with Crippen LogP contribution in [-0.4, -0.2) is 32.4 Å². The number of carbonyl (C=O) groups is 1. The fourth-order valence-corrected chi connectivity index (χ4v) is 1.02. The number of hydrogen-bond donors (Lipinski definition) is 3. The van der Waals surface area contributed by atoms with E-state index in [1.54, 1.807) is 0 Å². The summed E-state index contributed by atoms with van der Waals surface area (Å²) in [6.45, 7) is 0. The quantitative estimate of drug-likeness (QED) is 0.658. The van der Waals surface area contributed by atoms with Crippen molar-refractivity contribution in [3.05, 3.63) is 28.8 Å². The van der Waals surface area contributed by atoms with E-state index in [1.165, 1.54) is 0 Å². The standard InChI is InChI=1S/C8H7ClFNO4/c9-7-4(10)1-3(2-11-7)5(12)6(13)8(14)15/h1-2,5-6,12-13H,(H,14,15). The van der Waals surface area contributed by atoms with E-state index in [2.05, 4.69) is 4.98 Å². The van der Waals surface area contributed by atoms with E-state index in [9.17, 15) is 14.3 Å². The van der Waals surface area contributed by atoms with Crippen molar-refractivity contribution < 1.29 is 24.5 Å². The van der Waals surface area contributed by atoms with Gasteiger partial charge >= 0.3 is 5.97 Å². The average Bonchev–Trinajstić information content (AvgIpc) is 2.19. The third-order valence-electron chi connectivity index (χ3n) is 1.71. The van der Waals surface area contributed by atoms with Gasteiger partial charge in [-0.1, -0.05) is 11.6 Å². The number of aliphatic carboxylic acids is 1. The molecule has 0 aliphatic rings. The van der Waals surface area contributed by atoms with Crippen LogP contribution in [0.4, 0.5) is 4.39 Å². The highest BCUT2D eigenvalue weighted by Gasteiger charge is 2.25. The first kappa shape index (κ1) is 11.8. The number of hydrogen-bond acceptors (Lipinski definition) is 4. The first-order valence-corrected chi connectivity index (χ1v) is 4.21. The normalized spacial score (nSPS) is 14.7. The number of aliphatic hydroxyl groups is 2. The maximum absolute atomic E-state index is 12.9. The summed E-state index contributed by atoms with van der Waals surface area (Å²) in [6, 6.07) is 0.812. The molecule has 1 heterocycles. The molecule has 0 aromatic carbocycles. The highest BCUT2D eigenvalue weighted by molar-refractivity contribution is 6.29. The van der Waals surface area contributed by atoms with E-state index >= 15 is 0 Å². The minimum Gasteiger partial charge on any atom is -0.479 e. The Morgan fingerprint density at radius 3 is 2.60 bits per heavy atom. The molecule has 0 bridgehead atoms. The molecule has 1 aromatic heterocycles. The zero-order chi connectivity index (χ0) is 11.6. The van der Waals surface area contributed by atoms with Crippen LogP contribution in [0, 0.1) is 5.82 Å². The molecule has 7 heteroatoms. The number of aromatic nitrogens is 1. The minimum absolute atomic E-state index is 0.160. The van der Waals surface area contributed by atoms with Crippen molar-refractivity contribution in [1.82, 2.24) is 4.98 Å². The van der Waals surface area contributed by atoms with Crippen molar-refractivity contribution in [2.45, 2.75) is 12.2 Å². The fraction of sp³-hybridized carbons (Fsp3) is 0.250. The van der Waals surface area contributed by atoms with Crippen LogP contribution < -0.4 is 0 Å². The van der Waals surface area contributed by atoms with Crippen molar-refractivity contribution >= 4 is 17.6 Å². The molecule has 2 unspecified atom stereocenters.